The monoisotopic (exact) mass is 444 g/mol. The molecule has 6 heteroatoms. The van der Waals surface area contributed by atoms with Crippen molar-refractivity contribution in [2.45, 2.75) is 25.3 Å². The van der Waals surface area contributed by atoms with Crippen LogP contribution in [-0.2, 0) is 5.54 Å². The Morgan fingerprint density at radius 2 is 1.70 bits per heavy atom. The number of carbonyl (C=O) groups is 1. The second-order valence-corrected chi connectivity index (χ2v) is 8.79. The van der Waals surface area contributed by atoms with Gasteiger partial charge in [0.15, 0.2) is 0 Å². The van der Waals surface area contributed by atoms with Gasteiger partial charge in [0, 0.05) is 18.7 Å². The van der Waals surface area contributed by atoms with Crippen molar-refractivity contribution in [3.05, 3.63) is 101 Å². The zero-order valence-electron chi connectivity index (χ0n) is 19.3. The lowest BCUT2D eigenvalue weighted by molar-refractivity contribution is 0.126. The first-order chi connectivity index (χ1) is 15.9. The van der Waals surface area contributed by atoms with Gasteiger partial charge in [0.2, 0.25) is 0 Å². The molecule has 0 spiro atoms. The molecule has 0 bridgehead atoms. The van der Waals surface area contributed by atoms with E-state index in [1.54, 1.807) is 17.1 Å². The average Bonchev–Trinajstić information content (AvgIpc) is 3.21. The molecule has 1 N–H and O–H groups in total. The molecule has 3 aromatic carbocycles. The van der Waals surface area contributed by atoms with Crippen LogP contribution in [0.1, 0.15) is 29.5 Å². The Kier molecular flexibility index (Phi) is 6.56. The van der Waals surface area contributed by atoms with Crippen LogP contribution in [0.25, 0.3) is 0 Å². The number of halogens is 1. The van der Waals surface area contributed by atoms with E-state index in [2.05, 4.69) is 41.4 Å². The molecule has 33 heavy (non-hydrogen) atoms. The smallest absolute Gasteiger partial charge is 0.309 e. The number of nitrogens with zero attached hydrogens (tertiary/aromatic N) is 3. The zero-order valence-corrected chi connectivity index (χ0v) is 19.3. The molecule has 2 amide bonds. The quantitative estimate of drug-likeness (QED) is 0.536. The zero-order chi connectivity index (χ0) is 23.4. The second kappa shape index (κ2) is 9.55. The number of hydrazone groups is 1. The number of carbonyl (C=O) groups excluding carboxylic acids is 1. The Morgan fingerprint density at radius 1 is 1.03 bits per heavy atom. The van der Waals surface area contributed by atoms with Crippen molar-refractivity contribution < 1.29 is 9.18 Å². The van der Waals surface area contributed by atoms with Crippen molar-refractivity contribution in [2.24, 2.45) is 5.10 Å². The Hall–Kier alpha value is -3.51. The highest BCUT2D eigenvalue weighted by molar-refractivity contribution is 6.04. The lowest BCUT2D eigenvalue weighted by Crippen LogP contribution is -2.47. The molecule has 0 saturated carbocycles. The SMILES string of the molecule is Cc1ccc(C2(CCN(C)C)CC(c3ccccc3)=NN2C(=O)Nc2ccc(F)cc2)cc1. The van der Waals surface area contributed by atoms with Crippen molar-refractivity contribution in [3.8, 4) is 0 Å². The molecule has 1 aliphatic heterocycles. The van der Waals surface area contributed by atoms with E-state index in [1.165, 1.54) is 12.1 Å². The van der Waals surface area contributed by atoms with Crippen LogP contribution in [0.5, 0.6) is 0 Å². The molecular weight excluding hydrogens is 415 g/mol. The van der Waals surface area contributed by atoms with Crippen LogP contribution >= 0.6 is 0 Å². The van der Waals surface area contributed by atoms with Crippen LogP contribution < -0.4 is 5.32 Å². The molecule has 1 heterocycles. The summed E-state index contributed by atoms with van der Waals surface area (Å²) in [5.74, 6) is -0.349. The first kappa shape index (κ1) is 22.7. The maximum atomic E-state index is 13.6. The van der Waals surface area contributed by atoms with Crippen molar-refractivity contribution >= 4 is 17.4 Å². The van der Waals surface area contributed by atoms with Crippen LogP contribution in [0, 0.1) is 12.7 Å². The molecule has 1 unspecified atom stereocenters. The normalized spacial score (nSPS) is 17.8. The number of nitrogens with one attached hydrogen (secondary N) is 1. The van der Waals surface area contributed by atoms with E-state index in [4.69, 9.17) is 5.10 Å². The lowest BCUT2D eigenvalue weighted by Gasteiger charge is -2.37. The highest BCUT2D eigenvalue weighted by Crippen LogP contribution is 2.42. The summed E-state index contributed by atoms with van der Waals surface area (Å²) in [6.07, 6.45) is 1.31. The number of urea groups is 1. The third-order valence-electron chi connectivity index (χ3n) is 6.04. The third-order valence-corrected chi connectivity index (χ3v) is 6.04. The van der Waals surface area contributed by atoms with Gasteiger partial charge in [-0.1, -0.05) is 60.2 Å². The van der Waals surface area contributed by atoms with E-state index >= 15 is 0 Å². The Morgan fingerprint density at radius 3 is 2.33 bits per heavy atom. The van der Waals surface area contributed by atoms with Gasteiger partial charge in [-0.3, -0.25) is 0 Å². The summed E-state index contributed by atoms with van der Waals surface area (Å²) in [5, 5.41) is 9.34. The van der Waals surface area contributed by atoms with Gasteiger partial charge in [0.05, 0.1) is 11.3 Å². The maximum absolute atomic E-state index is 13.6. The summed E-state index contributed by atoms with van der Waals surface area (Å²) in [6, 6.07) is 23.7. The summed E-state index contributed by atoms with van der Waals surface area (Å²) in [6.45, 7) is 2.83. The van der Waals surface area contributed by atoms with Crippen molar-refractivity contribution in [3.63, 3.8) is 0 Å². The molecule has 1 atom stereocenters. The fourth-order valence-corrected chi connectivity index (χ4v) is 4.18. The number of hydrogen-bond donors (Lipinski definition) is 1. The van der Waals surface area contributed by atoms with Gasteiger partial charge in [0.25, 0.3) is 0 Å². The van der Waals surface area contributed by atoms with Crippen molar-refractivity contribution in [1.82, 2.24) is 9.91 Å². The fourth-order valence-electron chi connectivity index (χ4n) is 4.18. The van der Waals surface area contributed by atoms with E-state index in [0.717, 1.165) is 28.9 Å². The number of benzene rings is 3. The molecule has 0 saturated heterocycles. The van der Waals surface area contributed by atoms with Crippen molar-refractivity contribution in [2.75, 3.05) is 26.0 Å². The molecule has 5 nitrogen and oxygen atoms in total. The summed E-state index contributed by atoms with van der Waals surface area (Å²) in [4.78, 5) is 15.7. The molecular formula is C27H29FN4O. The van der Waals surface area contributed by atoms with Gasteiger partial charge in [-0.05, 0) is 62.8 Å². The maximum Gasteiger partial charge on any atom is 0.343 e. The highest BCUT2D eigenvalue weighted by Gasteiger charge is 2.47. The number of anilines is 1. The molecule has 4 rings (SSSR count). The van der Waals surface area contributed by atoms with E-state index in [9.17, 15) is 9.18 Å². The van der Waals surface area contributed by atoms with Gasteiger partial charge < -0.3 is 10.2 Å². The van der Waals surface area contributed by atoms with E-state index in [0.29, 0.717) is 18.5 Å². The third kappa shape index (κ3) is 4.96. The van der Waals surface area contributed by atoms with Crippen LogP contribution in [0.4, 0.5) is 14.9 Å². The van der Waals surface area contributed by atoms with E-state index in [-0.39, 0.29) is 11.8 Å². The van der Waals surface area contributed by atoms with Crippen molar-refractivity contribution in [1.29, 1.82) is 0 Å². The van der Waals surface area contributed by atoms with Crippen LogP contribution in [0.2, 0.25) is 0 Å². The first-order valence-corrected chi connectivity index (χ1v) is 11.1. The van der Waals surface area contributed by atoms with E-state index < -0.39 is 5.54 Å². The standard InChI is InChI=1S/C27H29FN4O/c1-20-9-11-22(12-10-20)27(17-18-31(2)3)19-25(21-7-5-4-6-8-21)30-32(27)26(33)29-24-15-13-23(28)14-16-24/h4-16H,17-19H2,1-3H3,(H,29,33). The molecule has 170 valence electrons. The molecule has 0 aromatic heterocycles. The summed E-state index contributed by atoms with van der Waals surface area (Å²) >= 11 is 0. The average molecular weight is 445 g/mol. The minimum absolute atomic E-state index is 0.341. The Labute approximate surface area is 194 Å². The van der Waals surface area contributed by atoms with Gasteiger partial charge in [-0.25, -0.2) is 14.2 Å². The Bertz CT molecular complexity index is 1130. The van der Waals surface area contributed by atoms with Crippen LogP contribution in [-0.4, -0.2) is 42.3 Å². The van der Waals surface area contributed by atoms with E-state index in [1.807, 2.05) is 44.4 Å². The Balaban J connectivity index is 1.77. The van der Waals surface area contributed by atoms with Crippen LogP contribution in [0.15, 0.2) is 84.0 Å². The number of hydrogen-bond acceptors (Lipinski definition) is 3. The van der Waals surface area contributed by atoms with Gasteiger partial charge >= 0.3 is 6.03 Å². The number of rotatable bonds is 6. The molecule has 0 fully saturated rings. The first-order valence-electron chi connectivity index (χ1n) is 11.1. The molecule has 0 aliphatic carbocycles. The molecule has 3 aromatic rings. The fraction of sp³-hybridized carbons (Fsp3) is 0.259. The lowest BCUT2D eigenvalue weighted by atomic mass is 9.81. The predicted molar refractivity (Wildman–Crippen MR) is 131 cm³/mol. The minimum Gasteiger partial charge on any atom is -0.309 e. The predicted octanol–water partition coefficient (Wildman–Crippen LogP) is 5.62. The summed E-state index contributed by atoms with van der Waals surface area (Å²) in [7, 11) is 4.05. The van der Waals surface area contributed by atoms with Gasteiger partial charge in [-0.2, -0.15) is 5.10 Å². The largest absolute Gasteiger partial charge is 0.343 e. The summed E-state index contributed by atoms with van der Waals surface area (Å²) in [5.41, 5.74) is 3.94. The topological polar surface area (TPSA) is 47.9 Å². The number of amides is 2. The number of aryl methyl sites for hydroxylation is 1. The molecule has 0 radical (unpaired) electrons. The highest BCUT2D eigenvalue weighted by atomic mass is 19.1. The second-order valence-electron chi connectivity index (χ2n) is 8.79. The minimum atomic E-state index is -0.646. The molecule has 1 aliphatic rings. The van der Waals surface area contributed by atoms with Crippen LogP contribution in [0.3, 0.4) is 0 Å². The van der Waals surface area contributed by atoms with Gasteiger partial charge in [-0.15, -0.1) is 0 Å². The van der Waals surface area contributed by atoms with Gasteiger partial charge in [0.1, 0.15) is 5.82 Å². The summed E-state index contributed by atoms with van der Waals surface area (Å²) < 4.78 is 13.4.